The molecule has 3 rings (SSSR count). The van der Waals surface area contributed by atoms with Crippen molar-refractivity contribution in [1.82, 2.24) is 5.32 Å². The van der Waals surface area contributed by atoms with Gasteiger partial charge in [-0.1, -0.05) is 12.1 Å². The zero-order chi connectivity index (χ0) is 13.6. The highest BCUT2D eigenvalue weighted by molar-refractivity contribution is 7.07. The van der Waals surface area contributed by atoms with Crippen LogP contribution < -0.4 is 10.2 Å². The predicted molar refractivity (Wildman–Crippen MR) is 87.4 cm³/mol. The molecule has 0 bridgehead atoms. The van der Waals surface area contributed by atoms with E-state index in [1.807, 2.05) is 0 Å². The highest BCUT2D eigenvalue weighted by atomic mass is 32.1. The van der Waals surface area contributed by atoms with Crippen molar-refractivity contribution in [2.75, 3.05) is 18.0 Å². The van der Waals surface area contributed by atoms with Crippen LogP contribution in [0.3, 0.4) is 0 Å². The van der Waals surface area contributed by atoms with Crippen LogP contribution in [-0.2, 0) is 13.1 Å². The molecule has 1 aromatic carbocycles. The fourth-order valence-corrected chi connectivity index (χ4v) is 3.39. The van der Waals surface area contributed by atoms with Gasteiger partial charge in [0, 0.05) is 31.9 Å². The summed E-state index contributed by atoms with van der Waals surface area (Å²) in [5.74, 6) is 0. The third kappa shape index (κ3) is 3.62. The Balaban J connectivity index is 1.50. The number of piperidine rings is 1. The number of benzene rings is 1. The van der Waals surface area contributed by atoms with E-state index in [4.69, 9.17) is 0 Å². The fraction of sp³-hybridized carbons (Fsp3) is 0.412. The Hall–Kier alpha value is -1.32. The van der Waals surface area contributed by atoms with Crippen LogP contribution in [0.15, 0.2) is 41.1 Å². The molecule has 1 aromatic heterocycles. The van der Waals surface area contributed by atoms with Crippen LogP contribution in [0.5, 0.6) is 0 Å². The topological polar surface area (TPSA) is 15.3 Å². The molecule has 3 heteroatoms. The second kappa shape index (κ2) is 6.91. The van der Waals surface area contributed by atoms with Crippen LogP contribution >= 0.6 is 11.3 Å². The predicted octanol–water partition coefficient (Wildman–Crippen LogP) is 4.03. The summed E-state index contributed by atoms with van der Waals surface area (Å²) in [6.45, 7) is 4.33. The monoisotopic (exact) mass is 286 g/mol. The maximum Gasteiger partial charge on any atom is 0.0366 e. The van der Waals surface area contributed by atoms with E-state index in [0.29, 0.717) is 0 Å². The van der Waals surface area contributed by atoms with E-state index in [0.717, 1.165) is 13.1 Å². The van der Waals surface area contributed by atoms with Gasteiger partial charge in [0.15, 0.2) is 0 Å². The molecule has 2 aromatic rings. The Labute approximate surface area is 125 Å². The first kappa shape index (κ1) is 13.7. The minimum atomic E-state index is 0.941. The lowest BCUT2D eigenvalue weighted by atomic mass is 10.1. The van der Waals surface area contributed by atoms with Gasteiger partial charge in [-0.05, 0) is 59.3 Å². The number of hydrogen-bond donors (Lipinski definition) is 1. The molecular formula is C17H22N2S. The van der Waals surface area contributed by atoms with Crippen LogP contribution in [-0.4, -0.2) is 13.1 Å². The Morgan fingerprint density at radius 3 is 2.35 bits per heavy atom. The van der Waals surface area contributed by atoms with Gasteiger partial charge in [-0.3, -0.25) is 0 Å². The minimum Gasteiger partial charge on any atom is -0.372 e. The highest BCUT2D eigenvalue weighted by Crippen LogP contribution is 2.20. The van der Waals surface area contributed by atoms with E-state index >= 15 is 0 Å². The van der Waals surface area contributed by atoms with Gasteiger partial charge in [0.05, 0.1) is 0 Å². The fourth-order valence-electron chi connectivity index (χ4n) is 2.72. The molecule has 1 aliphatic heterocycles. The van der Waals surface area contributed by atoms with Gasteiger partial charge in [-0.15, -0.1) is 0 Å². The molecule has 2 heterocycles. The van der Waals surface area contributed by atoms with Crippen LogP contribution in [0.4, 0.5) is 5.69 Å². The average molecular weight is 286 g/mol. The minimum absolute atomic E-state index is 0.941. The van der Waals surface area contributed by atoms with Gasteiger partial charge in [-0.2, -0.15) is 11.3 Å². The number of nitrogens with one attached hydrogen (secondary N) is 1. The van der Waals surface area contributed by atoms with E-state index in [2.05, 4.69) is 51.3 Å². The lowest BCUT2D eigenvalue weighted by molar-refractivity contribution is 0.578. The van der Waals surface area contributed by atoms with E-state index in [9.17, 15) is 0 Å². The van der Waals surface area contributed by atoms with Crippen LogP contribution in [0.1, 0.15) is 30.4 Å². The molecule has 1 aliphatic rings. The van der Waals surface area contributed by atoms with Gasteiger partial charge in [0.25, 0.3) is 0 Å². The third-order valence-corrected chi connectivity index (χ3v) is 4.63. The first-order valence-corrected chi connectivity index (χ1v) is 8.42. The van der Waals surface area contributed by atoms with Crippen molar-refractivity contribution >= 4 is 17.0 Å². The number of rotatable bonds is 5. The summed E-state index contributed by atoms with van der Waals surface area (Å²) in [4.78, 5) is 2.51. The Kier molecular flexibility index (Phi) is 4.72. The number of thiophene rings is 1. The molecule has 1 fully saturated rings. The second-order valence-corrected chi connectivity index (χ2v) is 6.23. The summed E-state index contributed by atoms with van der Waals surface area (Å²) in [5.41, 5.74) is 4.12. The lowest BCUT2D eigenvalue weighted by Gasteiger charge is -2.28. The smallest absolute Gasteiger partial charge is 0.0366 e. The van der Waals surface area contributed by atoms with Gasteiger partial charge < -0.3 is 10.2 Å². The molecule has 20 heavy (non-hydrogen) atoms. The second-order valence-electron chi connectivity index (χ2n) is 5.45. The van der Waals surface area contributed by atoms with Crippen molar-refractivity contribution in [3.05, 3.63) is 52.2 Å². The number of anilines is 1. The summed E-state index contributed by atoms with van der Waals surface area (Å²) >= 11 is 1.76. The van der Waals surface area contributed by atoms with E-state index in [1.54, 1.807) is 11.3 Å². The third-order valence-electron chi connectivity index (χ3n) is 3.90. The first-order chi connectivity index (χ1) is 9.92. The van der Waals surface area contributed by atoms with E-state index in [-0.39, 0.29) is 0 Å². The molecule has 106 valence electrons. The molecular weight excluding hydrogens is 264 g/mol. The lowest BCUT2D eigenvalue weighted by Crippen LogP contribution is -2.29. The molecule has 1 saturated heterocycles. The van der Waals surface area contributed by atoms with E-state index < -0.39 is 0 Å². The zero-order valence-corrected chi connectivity index (χ0v) is 12.7. The highest BCUT2D eigenvalue weighted by Gasteiger charge is 2.10. The molecule has 0 amide bonds. The summed E-state index contributed by atoms with van der Waals surface area (Å²) in [6, 6.07) is 11.2. The molecule has 0 atom stereocenters. The molecule has 0 saturated carbocycles. The summed E-state index contributed by atoms with van der Waals surface area (Å²) in [6.07, 6.45) is 4.06. The Morgan fingerprint density at radius 2 is 1.65 bits per heavy atom. The van der Waals surface area contributed by atoms with E-state index in [1.165, 1.54) is 49.2 Å². The van der Waals surface area contributed by atoms with Crippen LogP contribution in [0.2, 0.25) is 0 Å². The molecule has 0 spiro atoms. The Bertz CT molecular complexity index is 498. The summed E-state index contributed by atoms with van der Waals surface area (Å²) < 4.78 is 0. The maximum absolute atomic E-state index is 3.50. The van der Waals surface area contributed by atoms with Crippen LogP contribution in [0.25, 0.3) is 0 Å². The number of hydrogen-bond acceptors (Lipinski definition) is 3. The van der Waals surface area contributed by atoms with Crippen molar-refractivity contribution in [3.63, 3.8) is 0 Å². The van der Waals surface area contributed by atoms with Crippen molar-refractivity contribution < 1.29 is 0 Å². The molecule has 0 radical (unpaired) electrons. The van der Waals surface area contributed by atoms with Crippen molar-refractivity contribution in [1.29, 1.82) is 0 Å². The molecule has 0 aliphatic carbocycles. The van der Waals surface area contributed by atoms with Crippen molar-refractivity contribution in [2.24, 2.45) is 0 Å². The maximum atomic E-state index is 3.50. The first-order valence-electron chi connectivity index (χ1n) is 7.47. The standard InChI is InChI=1S/C17H22N2S/c1-2-9-19(10-3-1)17-6-4-15(5-7-17)12-18-13-16-8-11-20-14-16/h4-8,11,14,18H,1-3,9-10,12-13H2. The van der Waals surface area contributed by atoms with Gasteiger partial charge in [-0.25, -0.2) is 0 Å². The average Bonchev–Trinajstić information content (AvgIpc) is 3.02. The summed E-state index contributed by atoms with van der Waals surface area (Å²) in [5, 5.41) is 7.83. The van der Waals surface area contributed by atoms with Crippen LogP contribution in [0, 0.1) is 0 Å². The molecule has 2 nitrogen and oxygen atoms in total. The zero-order valence-electron chi connectivity index (χ0n) is 11.8. The normalized spacial score (nSPS) is 15.5. The van der Waals surface area contributed by atoms with Crippen molar-refractivity contribution in [3.8, 4) is 0 Å². The quantitative estimate of drug-likeness (QED) is 0.893. The van der Waals surface area contributed by atoms with Gasteiger partial charge in [0.2, 0.25) is 0 Å². The van der Waals surface area contributed by atoms with Gasteiger partial charge >= 0.3 is 0 Å². The Morgan fingerprint density at radius 1 is 0.900 bits per heavy atom. The number of nitrogens with zero attached hydrogens (tertiary/aromatic N) is 1. The largest absolute Gasteiger partial charge is 0.372 e. The van der Waals surface area contributed by atoms with Gasteiger partial charge in [0.1, 0.15) is 0 Å². The summed E-state index contributed by atoms with van der Waals surface area (Å²) in [7, 11) is 0. The van der Waals surface area contributed by atoms with Crippen molar-refractivity contribution in [2.45, 2.75) is 32.4 Å². The molecule has 0 unspecified atom stereocenters. The SMILES string of the molecule is c1cc(CNCc2ccc(N3CCCCC3)cc2)cs1. The molecule has 1 N–H and O–H groups in total.